The summed E-state index contributed by atoms with van der Waals surface area (Å²) in [7, 11) is 0. The number of aryl methyl sites for hydroxylation is 1. The number of nitrogens with one attached hydrogen (secondary N) is 1. The van der Waals surface area contributed by atoms with Gasteiger partial charge in [0.1, 0.15) is 10.8 Å². The van der Waals surface area contributed by atoms with Crippen molar-refractivity contribution in [2.45, 2.75) is 19.9 Å². The number of nitrogens with zero attached hydrogens (tertiary/aromatic N) is 1. The largest absolute Gasteiger partial charge is 0.508 e. The van der Waals surface area contributed by atoms with E-state index in [1.165, 1.54) is 12.1 Å². The van der Waals surface area contributed by atoms with Crippen molar-refractivity contribution in [1.29, 1.82) is 0 Å². The number of anilines is 1. The number of hydrogen-bond acceptors (Lipinski definition) is 4. The lowest BCUT2D eigenvalue weighted by Crippen LogP contribution is -2.07. The Hall–Kier alpha value is -2.27. The lowest BCUT2D eigenvalue weighted by Gasteiger charge is -2.17. The van der Waals surface area contributed by atoms with E-state index in [9.17, 15) is 15.2 Å². The van der Waals surface area contributed by atoms with Crippen LogP contribution in [0.3, 0.4) is 0 Å². The van der Waals surface area contributed by atoms with Crippen molar-refractivity contribution in [1.82, 2.24) is 0 Å². The Morgan fingerprint density at radius 1 is 1.29 bits per heavy atom. The number of halogens is 1. The monoisotopic (exact) mass is 306 g/mol. The summed E-state index contributed by atoms with van der Waals surface area (Å²) < 4.78 is 0. The lowest BCUT2D eigenvalue weighted by atomic mass is 10.0. The summed E-state index contributed by atoms with van der Waals surface area (Å²) in [6.45, 7) is 3.80. The van der Waals surface area contributed by atoms with Gasteiger partial charge in [-0.2, -0.15) is 0 Å². The zero-order chi connectivity index (χ0) is 15.6. The summed E-state index contributed by atoms with van der Waals surface area (Å²) in [5.41, 5.74) is 2.17. The Kier molecular flexibility index (Phi) is 4.33. The third kappa shape index (κ3) is 3.44. The molecule has 1 unspecified atom stereocenters. The minimum absolute atomic E-state index is 0.0941. The van der Waals surface area contributed by atoms with Gasteiger partial charge in [-0.1, -0.05) is 29.3 Å². The summed E-state index contributed by atoms with van der Waals surface area (Å²) in [5.74, 6) is 0.184. The summed E-state index contributed by atoms with van der Waals surface area (Å²) in [6, 6.07) is 9.64. The van der Waals surface area contributed by atoms with Crippen molar-refractivity contribution in [2.24, 2.45) is 0 Å². The normalized spacial score (nSPS) is 12.0. The maximum absolute atomic E-state index is 10.9. The van der Waals surface area contributed by atoms with Crippen molar-refractivity contribution < 1.29 is 10.0 Å². The molecule has 110 valence electrons. The van der Waals surface area contributed by atoms with Gasteiger partial charge in [0.25, 0.3) is 5.69 Å². The highest BCUT2D eigenvalue weighted by molar-refractivity contribution is 6.32. The molecule has 2 rings (SSSR count). The molecule has 2 N–H and O–H groups in total. The molecule has 5 nitrogen and oxygen atoms in total. The first kappa shape index (κ1) is 15.1. The van der Waals surface area contributed by atoms with Gasteiger partial charge in [-0.3, -0.25) is 10.1 Å². The van der Waals surface area contributed by atoms with E-state index < -0.39 is 4.92 Å². The maximum atomic E-state index is 10.9. The molecule has 0 aromatic heterocycles. The van der Waals surface area contributed by atoms with E-state index in [0.29, 0.717) is 5.69 Å². The van der Waals surface area contributed by atoms with Crippen molar-refractivity contribution in [3.8, 4) is 5.75 Å². The predicted octanol–water partition coefficient (Wildman–Crippen LogP) is 4.44. The van der Waals surface area contributed by atoms with Gasteiger partial charge in [0.2, 0.25) is 0 Å². The second-order valence-electron chi connectivity index (χ2n) is 4.85. The minimum atomic E-state index is -0.525. The van der Waals surface area contributed by atoms with E-state index in [1.54, 1.807) is 12.1 Å². The van der Waals surface area contributed by atoms with E-state index in [4.69, 9.17) is 11.6 Å². The van der Waals surface area contributed by atoms with Crippen LogP contribution in [0, 0.1) is 17.0 Å². The van der Waals surface area contributed by atoms with Gasteiger partial charge in [0.05, 0.1) is 11.0 Å². The van der Waals surface area contributed by atoms with Crippen LogP contribution in [0.4, 0.5) is 11.4 Å². The van der Waals surface area contributed by atoms with Crippen molar-refractivity contribution in [3.63, 3.8) is 0 Å². The number of nitro groups is 1. The summed E-state index contributed by atoms with van der Waals surface area (Å²) in [4.78, 5) is 10.4. The molecule has 0 heterocycles. The summed E-state index contributed by atoms with van der Waals surface area (Å²) in [5, 5.41) is 24.0. The highest BCUT2D eigenvalue weighted by atomic mass is 35.5. The zero-order valence-corrected chi connectivity index (χ0v) is 12.4. The maximum Gasteiger partial charge on any atom is 0.289 e. The van der Waals surface area contributed by atoms with Crippen LogP contribution in [0.15, 0.2) is 36.4 Å². The second kappa shape index (κ2) is 6.01. The van der Waals surface area contributed by atoms with Crippen molar-refractivity contribution in [2.75, 3.05) is 5.32 Å². The molecule has 0 spiro atoms. The fraction of sp³-hybridized carbons (Fsp3) is 0.200. The molecule has 0 radical (unpaired) electrons. The Balaban J connectivity index is 2.27. The summed E-state index contributed by atoms with van der Waals surface area (Å²) >= 11 is 5.78. The SMILES string of the molecule is Cc1ccc(O)c(C(C)Nc2ccc(Cl)c([N+](=O)[O-])c2)c1. The first-order valence-corrected chi connectivity index (χ1v) is 6.76. The van der Waals surface area contributed by atoms with Gasteiger partial charge < -0.3 is 10.4 Å². The zero-order valence-electron chi connectivity index (χ0n) is 11.6. The highest BCUT2D eigenvalue weighted by Crippen LogP contribution is 2.31. The van der Waals surface area contributed by atoms with Crippen molar-refractivity contribution >= 4 is 23.0 Å². The van der Waals surface area contributed by atoms with Gasteiger partial charge in [0.15, 0.2) is 0 Å². The summed E-state index contributed by atoms with van der Waals surface area (Å²) in [6.07, 6.45) is 0. The molecule has 21 heavy (non-hydrogen) atoms. The number of phenols is 1. The van der Waals surface area contributed by atoms with E-state index in [-0.39, 0.29) is 22.5 Å². The highest BCUT2D eigenvalue weighted by Gasteiger charge is 2.15. The van der Waals surface area contributed by atoms with Crippen LogP contribution in [0.1, 0.15) is 24.1 Å². The molecule has 0 aliphatic heterocycles. The lowest BCUT2D eigenvalue weighted by molar-refractivity contribution is -0.384. The molecule has 0 amide bonds. The number of nitro benzene ring substituents is 1. The fourth-order valence-corrected chi connectivity index (χ4v) is 2.28. The average molecular weight is 307 g/mol. The van der Waals surface area contributed by atoms with Crippen LogP contribution in [-0.2, 0) is 0 Å². The molecule has 2 aromatic rings. The predicted molar refractivity (Wildman–Crippen MR) is 83.0 cm³/mol. The van der Waals surface area contributed by atoms with Crippen LogP contribution in [-0.4, -0.2) is 10.0 Å². The third-order valence-electron chi connectivity index (χ3n) is 3.18. The smallest absolute Gasteiger partial charge is 0.289 e. The van der Waals surface area contributed by atoms with Crippen LogP contribution in [0.2, 0.25) is 5.02 Å². The van der Waals surface area contributed by atoms with E-state index in [0.717, 1.165) is 11.1 Å². The quantitative estimate of drug-likeness (QED) is 0.647. The van der Waals surface area contributed by atoms with Crippen LogP contribution in [0.25, 0.3) is 0 Å². The minimum Gasteiger partial charge on any atom is -0.508 e. The molecule has 0 saturated carbocycles. The molecular weight excluding hydrogens is 292 g/mol. The standard InChI is InChI=1S/C15H15ClN2O3/c1-9-3-6-15(19)12(7-9)10(2)17-11-4-5-13(16)14(8-11)18(20)21/h3-8,10,17,19H,1-2H3. The fourth-order valence-electron chi connectivity index (χ4n) is 2.09. The second-order valence-corrected chi connectivity index (χ2v) is 5.26. The number of rotatable bonds is 4. The average Bonchev–Trinajstić information content (AvgIpc) is 2.43. The Bertz CT molecular complexity index is 689. The molecule has 0 fully saturated rings. The van der Waals surface area contributed by atoms with Gasteiger partial charge >= 0.3 is 0 Å². The molecule has 0 saturated heterocycles. The molecular formula is C15H15ClN2O3. The molecule has 0 aliphatic rings. The molecule has 0 bridgehead atoms. The van der Waals surface area contributed by atoms with Crippen molar-refractivity contribution in [3.05, 3.63) is 62.7 Å². The van der Waals surface area contributed by atoms with Gasteiger partial charge in [0, 0.05) is 17.3 Å². The Morgan fingerprint density at radius 2 is 2.00 bits per heavy atom. The number of phenolic OH excluding ortho intramolecular Hbond substituents is 1. The van der Waals surface area contributed by atoms with Crippen LogP contribution >= 0.6 is 11.6 Å². The van der Waals surface area contributed by atoms with Crippen LogP contribution < -0.4 is 5.32 Å². The van der Waals surface area contributed by atoms with E-state index in [2.05, 4.69) is 5.32 Å². The van der Waals surface area contributed by atoms with E-state index in [1.807, 2.05) is 26.0 Å². The number of hydrogen-bond donors (Lipinski definition) is 2. The van der Waals surface area contributed by atoms with Gasteiger partial charge in [-0.15, -0.1) is 0 Å². The van der Waals surface area contributed by atoms with Gasteiger partial charge in [-0.05, 0) is 32.0 Å². The first-order chi connectivity index (χ1) is 9.88. The molecule has 6 heteroatoms. The molecule has 2 aromatic carbocycles. The Labute approximate surface area is 127 Å². The third-order valence-corrected chi connectivity index (χ3v) is 3.50. The Morgan fingerprint density at radius 3 is 2.67 bits per heavy atom. The number of benzene rings is 2. The van der Waals surface area contributed by atoms with Gasteiger partial charge in [-0.25, -0.2) is 0 Å². The molecule has 1 atom stereocenters. The van der Waals surface area contributed by atoms with Crippen LogP contribution in [0.5, 0.6) is 5.75 Å². The van der Waals surface area contributed by atoms with E-state index >= 15 is 0 Å². The molecule has 0 aliphatic carbocycles. The first-order valence-electron chi connectivity index (χ1n) is 6.38. The number of aromatic hydroxyl groups is 1. The topological polar surface area (TPSA) is 75.4 Å².